The Kier molecular flexibility index (Phi) is 6.63. The molecule has 0 bridgehead atoms. The van der Waals surface area contributed by atoms with E-state index in [1.54, 1.807) is 10.9 Å². The van der Waals surface area contributed by atoms with E-state index in [0.717, 1.165) is 22.4 Å². The molecule has 0 radical (unpaired) electrons. The van der Waals surface area contributed by atoms with Gasteiger partial charge in [-0.25, -0.2) is 0 Å². The van der Waals surface area contributed by atoms with Crippen LogP contribution in [0.2, 0.25) is 5.02 Å². The second-order valence-corrected chi connectivity index (χ2v) is 9.16. The molecule has 0 unspecified atom stereocenters. The molecule has 4 aromatic rings. The van der Waals surface area contributed by atoms with E-state index in [-0.39, 0.29) is 5.91 Å². The van der Waals surface area contributed by atoms with Crippen molar-refractivity contribution in [3.63, 3.8) is 0 Å². The third-order valence-corrected chi connectivity index (χ3v) is 6.23. The van der Waals surface area contributed by atoms with E-state index in [1.807, 2.05) is 55.6 Å². The Bertz CT molecular complexity index is 1260. The zero-order chi connectivity index (χ0) is 22.7. The van der Waals surface area contributed by atoms with Crippen LogP contribution in [0.3, 0.4) is 0 Å². The number of hydrogen-bond donors (Lipinski definition) is 1. The summed E-state index contributed by atoms with van der Waals surface area (Å²) in [6.07, 6.45) is 1.72. The second-order valence-electron chi connectivity index (χ2n) is 7.84. The third kappa shape index (κ3) is 5.39. The summed E-state index contributed by atoms with van der Waals surface area (Å²) in [6.45, 7) is 7.11. The van der Waals surface area contributed by atoms with Crippen molar-refractivity contribution in [3.05, 3.63) is 97.8 Å². The quantitative estimate of drug-likeness (QED) is 0.343. The van der Waals surface area contributed by atoms with Crippen LogP contribution in [0.15, 0.2) is 60.1 Å². The predicted molar refractivity (Wildman–Crippen MR) is 130 cm³/mol. The number of hydrogen-bond acceptors (Lipinski definition) is 4. The number of nitrogens with zero attached hydrogens (tertiary/aromatic N) is 2. The maximum absolute atomic E-state index is 12.7. The van der Waals surface area contributed by atoms with Gasteiger partial charge in [-0.15, -0.1) is 11.3 Å². The van der Waals surface area contributed by atoms with Crippen LogP contribution in [0.5, 0.6) is 5.75 Å². The highest BCUT2D eigenvalue weighted by Crippen LogP contribution is 2.24. The molecule has 32 heavy (non-hydrogen) atoms. The largest absolute Gasteiger partial charge is 0.489 e. The van der Waals surface area contributed by atoms with Gasteiger partial charge in [-0.1, -0.05) is 59.1 Å². The zero-order valence-electron chi connectivity index (χ0n) is 18.2. The lowest BCUT2D eigenvalue weighted by molar-refractivity contribution is 0.103. The van der Waals surface area contributed by atoms with Gasteiger partial charge in [-0.05, 0) is 49.4 Å². The SMILES string of the molecule is Cc1cccc(Cn2cc(Cl)c(NC(=O)c3cc(COc4ccc(C)cc4C)cs3)n2)c1. The van der Waals surface area contributed by atoms with Crippen LogP contribution in [0.4, 0.5) is 5.82 Å². The van der Waals surface area contributed by atoms with Gasteiger partial charge in [0.2, 0.25) is 0 Å². The number of rotatable bonds is 7. The van der Waals surface area contributed by atoms with Crippen LogP contribution in [-0.4, -0.2) is 15.7 Å². The topological polar surface area (TPSA) is 56.2 Å². The number of ether oxygens (including phenoxy) is 1. The average Bonchev–Trinajstić information content (AvgIpc) is 3.34. The first-order chi connectivity index (χ1) is 15.4. The number of halogens is 1. The van der Waals surface area contributed by atoms with Gasteiger partial charge in [-0.3, -0.25) is 9.48 Å². The molecule has 0 saturated carbocycles. The summed E-state index contributed by atoms with van der Waals surface area (Å²) in [5.74, 6) is 0.958. The smallest absolute Gasteiger partial charge is 0.266 e. The molecule has 2 aromatic carbocycles. The lowest BCUT2D eigenvalue weighted by atomic mass is 10.1. The first-order valence-electron chi connectivity index (χ1n) is 10.2. The normalized spacial score (nSPS) is 10.9. The van der Waals surface area contributed by atoms with Crippen LogP contribution >= 0.6 is 22.9 Å². The van der Waals surface area contributed by atoms with Crippen molar-refractivity contribution in [2.24, 2.45) is 0 Å². The molecule has 0 atom stereocenters. The minimum Gasteiger partial charge on any atom is -0.489 e. The molecule has 2 aromatic heterocycles. The number of anilines is 1. The molecular formula is C25H24ClN3O2S. The summed E-state index contributed by atoms with van der Waals surface area (Å²) >= 11 is 7.67. The molecule has 0 spiro atoms. The molecule has 7 heteroatoms. The van der Waals surface area contributed by atoms with Crippen molar-refractivity contribution in [2.75, 3.05) is 5.32 Å². The zero-order valence-corrected chi connectivity index (χ0v) is 19.8. The molecule has 0 fully saturated rings. The van der Waals surface area contributed by atoms with E-state index in [2.05, 4.69) is 29.5 Å². The van der Waals surface area contributed by atoms with Gasteiger partial charge in [0.05, 0.1) is 11.4 Å². The van der Waals surface area contributed by atoms with Gasteiger partial charge in [-0.2, -0.15) is 5.10 Å². The van der Waals surface area contributed by atoms with Gasteiger partial charge in [0, 0.05) is 11.8 Å². The molecule has 0 aliphatic carbocycles. The highest BCUT2D eigenvalue weighted by Gasteiger charge is 2.15. The molecule has 2 heterocycles. The number of amides is 1. The fourth-order valence-electron chi connectivity index (χ4n) is 3.42. The molecule has 0 aliphatic heterocycles. The Morgan fingerprint density at radius 2 is 1.91 bits per heavy atom. The standard InChI is InChI=1S/C25H24ClN3O2S/c1-16-5-4-6-19(10-16)12-29-13-21(26)24(28-29)27-25(30)23-11-20(15-32-23)14-31-22-8-7-17(2)9-18(22)3/h4-11,13,15H,12,14H2,1-3H3,(H,27,28,30). The summed E-state index contributed by atoms with van der Waals surface area (Å²) in [5, 5.41) is 9.58. The Morgan fingerprint density at radius 3 is 2.69 bits per heavy atom. The van der Waals surface area contributed by atoms with Crippen LogP contribution in [0.1, 0.15) is 37.5 Å². The molecule has 1 amide bonds. The minimum atomic E-state index is -0.240. The Labute approximate surface area is 196 Å². The molecule has 5 nitrogen and oxygen atoms in total. The number of aryl methyl sites for hydroxylation is 3. The van der Waals surface area contributed by atoms with Crippen molar-refractivity contribution in [3.8, 4) is 5.75 Å². The predicted octanol–water partition coefficient (Wildman–Crippen LogP) is 6.40. The number of benzene rings is 2. The summed E-state index contributed by atoms with van der Waals surface area (Å²) in [5.41, 5.74) is 5.53. The molecule has 0 aliphatic rings. The van der Waals surface area contributed by atoms with Crippen LogP contribution < -0.4 is 10.1 Å². The number of nitrogens with one attached hydrogen (secondary N) is 1. The van der Waals surface area contributed by atoms with E-state index in [0.29, 0.717) is 28.9 Å². The average molecular weight is 466 g/mol. The van der Waals surface area contributed by atoms with Crippen LogP contribution in [0, 0.1) is 20.8 Å². The first-order valence-corrected chi connectivity index (χ1v) is 11.5. The maximum atomic E-state index is 12.7. The minimum absolute atomic E-state index is 0.240. The molecular weight excluding hydrogens is 442 g/mol. The van der Waals surface area contributed by atoms with Gasteiger partial charge in [0.15, 0.2) is 5.82 Å². The van der Waals surface area contributed by atoms with Gasteiger partial charge in [0.25, 0.3) is 5.91 Å². The number of carbonyl (C=O) groups excluding carboxylic acids is 1. The fraction of sp³-hybridized carbons (Fsp3) is 0.200. The Morgan fingerprint density at radius 1 is 1.09 bits per heavy atom. The Balaban J connectivity index is 1.38. The van der Waals surface area contributed by atoms with E-state index < -0.39 is 0 Å². The molecule has 1 N–H and O–H groups in total. The number of thiophene rings is 1. The van der Waals surface area contributed by atoms with Gasteiger partial charge >= 0.3 is 0 Å². The molecule has 4 rings (SSSR count). The third-order valence-electron chi connectivity index (χ3n) is 4.98. The second kappa shape index (κ2) is 9.59. The Hall–Kier alpha value is -3.09. The summed E-state index contributed by atoms with van der Waals surface area (Å²) < 4.78 is 7.64. The highest BCUT2D eigenvalue weighted by molar-refractivity contribution is 7.12. The number of aromatic nitrogens is 2. The van der Waals surface area contributed by atoms with Crippen molar-refractivity contribution in [2.45, 2.75) is 33.9 Å². The van der Waals surface area contributed by atoms with Crippen molar-refractivity contribution >= 4 is 34.7 Å². The van der Waals surface area contributed by atoms with Crippen molar-refractivity contribution in [1.29, 1.82) is 0 Å². The van der Waals surface area contributed by atoms with Gasteiger partial charge < -0.3 is 10.1 Å². The first kappa shape index (κ1) is 22.1. The number of carbonyl (C=O) groups is 1. The lowest BCUT2D eigenvalue weighted by Crippen LogP contribution is -2.11. The molecule has 0 saturated heterocycles. The van der Waals surface area contributed by atoms with E-state index in [4.69, 9.17) is 16.3 Å². The van der Waals surface area contributed by atoms with E-state index >= 15 is 0 Å². The van der Waals surface area contributed by atoms with Crippen LogP contribution in [-0.2, 0) is 13.2 Å². The maximum Gasteiger partial charge on any atom is 0.266 e. The van der Waals surface area contributed by atoms with Gasteiger partial charge in [0.1, 0.15) is 17.4 Å². The summed E-state index contributed by atoms with van der Waals surface area (Å²) in [7, 11) is 0. The van der Waals surface area contributed by atoms with E-state index in [9.17, 15) is 4.79 Å². The molecule has 164 valence electrons. The van der Waals surface area contributed by atoms with Crippen molar-refractivity contribution in [1.82, 2.24) is 9.78 Å². The highest BCUT2D eigenvalue weighted by atomic mass is 35.5. The summed E-state index contributed by atoms with van der Waals surface area (Å²) in [4.78, 5) is 13.3. The van der Waals surface area contributed by atoms with E-state index in [1.165, 1.54) is 22.5 Å². The van der Waals surface area contributed by atoms with Crippen LogP contribution in [0.25, 0.3) is 0 Å². The monoisotopic (exact) mass is 465 g/mol. The van der Waals surface area contributed by atoms with Crippen molar-refractivity contribution < 1.29 is 9.53 Å². The lowest BCUT2D eigenvalue weighted by Gasteiger charge is -2.08. The summed E-state index contributed by atoms with van der Waals surface area (Å²) in [6, 6.07) is 16.1. The fourth-order valence-corrected chi connectivity index (χ4v) is 4.41.